The molecule has 2 heterocycles. The highest BCUT2D eigenvalue weighted by molar-refractivity contribution is 5.79. The largest absolute Gasteiger partial charge is 0.378 e. The number of anilines is 1. The molecule has 0 spiro atoms. The van der Waals surface area contributed by atoms with E-state index in [1.54, 1.807) is 18.6 Å². The molecule has 0 fully saturated rings. The minimum atomic E-state index is -0.410. The molecule has 0 unspecified atom stereocenters. The summed E-state index contributed by atoms with van der Waals surface area (Å²) in [6.45, 7) is 0.760. The van der Waals surface area contributed by atoms with Crippen molar-refractivity contribution < 1.29 is 4.79 Å². The second-order valence-corrected chi connectivity index (χ2v) is 4.78. The van der Waals surface area contributed by atoms with Gasteiger partial charge in [-0.1, -0.05) is 12.1 Å². The average molecular weight is 281 g/mol. The van der Waals surface area contributed by atoms with Gasteiger partial charge in [0.1, 0.15) is 6.54 Å². The van der Waals surface area contributed by atoms with E-state index < -0.39 is 5.91 Å². The predicted octanol–water partition coefficient (Wildman–Crippen LogP) is 1.53. The topological polar surface area (TPSA) is 85.8 Å². The van der Waals surface area contributed by atoms with Crippen molar-refractivity contribution in [3.05, 3.63) is 54.5 Å². The molecule has 0 aliphatic carbocycles. The quantitative estimate of drug-likeness (QED) is 0.742. The van der Waals surface area contributed by atoms with Crippen LogP contribution < -0.4 is 11.1 Å². The molecule has 0 saturated heterocycles. The lowest BCUT2D eigenvalue weighted by Crippen LogP contribution is -2.18. The summed E-state index contributed by atoms with van der Waals surface area (Å²) in [7, 11) is 0. The molecule has 3 N–H and O–H groups in total. The van der Waals surface area contributed by atoms with E-state index in [0.29, 0.717) is 6.54 Å². The van der Waals surface area contributed by atoms with Crippen molar-refractivity contribution in [3.8, 4) is 0 Å². The monoisotopic (exact) mass is 281 g/mol. The van der Waals surface area contributed by atoms with Crippen LogP contribution in [0.4, 0.5) is 5.69 Å². The van der Waals surface area contributed by atoms with Crippen LogP contribution in [-0.4, -0.2) is 20.7 Å². The summed E-state index contributed by atoms with van der Waals surface area (Å²) in [6, 6.07) is 10.1. The highest BCUT2D eigenvalue weighted by Gasteiger charge is 2.02. The molecule has 0 atom stereocenters. The van der Waals surface area contributed by atoms with Gasteiger partial charge < -0.3 is 11.1 Å². The van der Waals surface area contributed by atoms with Crippen molar-refractivity contribution in [1.82, 2.24) is 14.8 Å². The number of nitrogens with one attached hydrogen (secondary N) is 1. The molecular formula is C15H15N5O. The molecule has 6 nitrogen and oxygen atoms in total. The van der Waals surface area contributed by atoms with Crippen molar-refractivity contribution in [2.75, 3.05) is 5.32 Å². The van der Waals surface area contributed by atoms with Crippen LogP contribution in [0.3, 0.4) is 0 Å². The Hall–Kier alpha value is -2.89. The first-order valence-corrected chi connectivity index (χ1v) is 6.59. The highest BCUT2D eigenvalue weighted by atomic mass is 16.1. The fourth-order valence-electron chi connectivity index (χ4n) is 2.14. The van der Waals surface area contributed by atoms with E-state index in [9.17, 15) is 4.79 Å². The van der Waals surface area contributed by atoms with Gasteiger partial charge in [0, 0.05) is 24.3 Å². The van der Waals surface area contributed by atoms with Crippen LogP contribution in [0, 0.1) is 0 Å². The third kappa shape index (κ3) is 3.17. The minimum Gasteiger partial charge on any atom is -0.378 e. The number of fused-ring (bicyclic) bond motifs is 1. The summed E-state index contributed by atoms with van der Waals surface area (Å²) in [5.74, 6) is -0.410. The van der Waals surface area contributed by atoms with Gasteiger partial charge in [0.15, 0.2) is 0 Å². The number of carbonyl (C=O) groups is 1. The normalized spacial score (nSPS) is 10.7. The van der Waals surface area contributed by atoms with Crippen LogP contribution in [0.25, 0.3) is 10.9 Å². The Morgan fingerprint density at radius 3 is 3.10 bits per heavy atom. The lowest BCUT2D eigenvalue weighted by molar-refractivity contribution is -0.118. The van der Waals surface area contributed by atoms with Gasteiger partial charge in [-0.3, -0.25) is 14.5 Å². The zero-order valence-electron chi connectivity index (χ0n) is 11.4. The molecule has 0 saturated carbocycles. The Bertz CT molecular complexity index is 780. The molecule has 0 aliphatic rings. The van der Waals surface area contributed by atoms with E-state index >= 15 is 0 Å². The number of nitrogens with two attached hydrogens (primary N) is 1. The minimum absolute atomic E-state index is 0.0866. The van der Waals surface area contributed by atoms with E-state index in [0.717, 1.165) is 22.2 Å². The maximum absolute atomic E-state index is 10.8. The number of amides is 1. The van der Waals surface area contributed by atoms with Crippen molar-refractivity contribution in [1.29, 1.82) is 0 Å². The number of pyridine rings is 1. The van der Waals surface area contributed by atoms with Gasteiger partial charge in [-0.15, -0.1) is 0 Å². The van der Waals surface area contributed by atoms with E-state index in [-0.39, 0.29) is 6.54 Å². The van der Waals surface area contributed by atoms with Gasteiger partial charge in [-0.05, 0) is 23.8 Å². The van der Waals surface area contributed by atoms with Crippen LogP contribution in [0.2, 0.25) is 0 Å². The van der Waals surface area contributed by atoms with Crippen LogP contribution in [0.15, 0.2) is 48.9 Å². The number of hydrogen-bond acceptors (Lipinski definition) is 4. The molecule has 6 heteroatoms. The van der Waals surface area contributed by atoms with Gasteiger partial charge in [0.05, 0.1) is 17.4 Å². The van der Waals surface area contributed by atoms with E-state index in [4.69, 9.17) is 5.73 Å². The Labute approximate surface area is 121 Å². The van der Waals surface area contributed by atoms with Crippen LogP contribution in [0.1, 0.15) is 5.56 Å². The van der Waals surface area contributed by atoms with E-state index in [1.165, 1.54) is 4.68 Å². The first-order chi connectivity index (χ1) is 10.2. The van der Waals surface area contributed by atoms with Gasteiger partial charge in [0.25, 0.3) is 0 Å². The molecule has 1 aromatic carbocycles. The summed E-state index contributed by atoms with van der Waals surface area (Å²) in [5, 5.41) is 8.44. The van der Waals surface area contributed by atoms with Crippen LogP contribution in [-0.2, 0) is 17.9 Å². The molecule has 0 bridgehead atoms. The lowest BCUT2D eigenvalue weighted by Gasteiger charge is -2.05. The second-order valence-electron chi connectivity index (χ2n) is 4.78. The Morgan fingerprint density at radius 1 is 1.33 bits per heavy atom. The van der Waals surface area contributed by atoms with Crippen molar-refractivity contribution >= 4 is 22.5 Å². The number of carbonyl (C=O) groups excluding carboxylic acids is 1. The Morgan fingerprint density at radius 2 is 2.24 bits per heavy atom. The molecular weight excluding hydrogens is 266 g/mol. The molecule has 21 heavy (non-hydrogen) atoms. The molecule has 3 rings (SSSR count). The first kappa shape index (κ1) is 13.1. The summed E-state index contributed by atoms with van der Waals surface area (Å²) >= 11 is 0. The number of rotatable bonds is 5. The van der Waals surface area contributed by atoms with E-state index in [1.807, 2.05) is 24.3 Å². The van der Waals surface area contributed by atoms with Gasteiger partial charge >= 0.3 is 0 Å². The van der Waals surface area contributed by atoms with Crippen LogP contribution >= 0.6 is 0 Å². The van der Waals surface area contributed by atoms with Crippen LogP contribution in [0.5, 0.6) is 0 Å². The summed E-state index contributed by atoms with van der Waals surface area (Å²) in [6.07, 6.45) is 5.21. The SMILES string of the molecule is NC(=O)Cn1cc(NCc2ccc3ncccc3c2)cn1. The molecule has 3 aromatic rings. The standard InChI is InChI=1S/C15H15N5O/c16-15(21)10-20-9-13(8-19-20)18-7-11-3-4-14-12(6-11)2-1-5-17-14/h1-6,8-9,18H,7,10H2,(H2,16,21). The van der Waals surface area contributed by atoms with Crippen molar-refractivity contribution in [2.24, 2.45) is 5.73 Å². The summed E-state index contributed by atoms with van der Waals surface area (Å²) in [4.78, 5) is 15.1. The predicted molar refractivity (Wildman–Crippen MR) is 80.5 cm³/mol. The fourth-order valence-corrected chi connectivity index (χ4v) is 2.14. The number of primary amides is 1. The summed E-state index contributed by atoms with van der Waals surface area (Å²) < 4.78 is 1.51. The third-order valence-corrected chi connectivity index (χ3v) is 3.12. The molecule has 0 aliphatic heterocycles. The first-order valence-electron chi connectivity index (χ1n) is 6.59. The zero-order chi connectivity index (χ0) is 14.7. The van der Waals surface area contributed by atoms with Gasteiger partial charge in [-0.25, -0.2) is 0 Å². The second kappa shape index (κ2) is 5.62. The zero-order valence-corrected chi connectivity index (χ0v) is 11.4. The smallest absolute Gasteiger partial charge is 0.239 e. The lowest BCUT2D eigenvalue weighted by atomic mass is 10.1. The van der Waals surface area contributed by atoms with Gasteiger partial charge in [0.2, 0.25) is 5.91 Å². The third-order valence-electron chi connectivity index (χ3n) is 3.12. The summed E-state index contributed by atoms with van der Waals surface area (Å²) in [5.41, 5.74) is 8.11. The molecule has 106 valence electrons. The number of benzene rings is 1. The molecule has 1 amide bonds. The number of hydrogen-bond donors (Lipinski definition) is 2. The van der Waals surface area contributed by atoms with Gasteiger partial charge in [-0.2, -0.15) is 5.10 Å². The Balaban J connectivity index is 1.68. The molecule has 0 radical (unpaired) electrons. The maximum Gasteiger partial charge on any atom is 0.239 e. The number of aromatic nitrogens is 3. The average Bonchev–Trinajstić information content (AvgIpc) is 2.91. The van der Waals surface area contributed by atoms with E-state index in [2.05, 4.69) is 21.5 Å². The van der Waals surface area contributed by atoms with Crippen molar-refractivity contribution in [2.45, 2.75) is 13.1 Å². The highest BCUT2D eigenvalue weighted by Crippen LogP contribution is 2.14. The maximum atomic E-state index is 10.8. The molecule has 2 aromatic heterocycles. The Kier molecular flexibility index (Phi) is 3.51. The number of nitrogens with zero attached hydrogens (tertiary/aromatic N) is 3. The fraction of sp³-hybridized carbons (Fsp3) is 0.133. The van der Waals surface area contributed by atoms with Crippen molar-refractivity contribution in [3.63, 3.8) is 0 Å².